The lowest BCUT2D eigenvalue weighted by Gasteiger charge is -2.00. The predicted octanol–water partition coefficient (Wildman–Crippen LogP) is 2.56. The Morgan fingerprint density at radius 2 is 2.18 bits per heavy atom. The van der Waals surface area contributed by atoms with Crippen molar-refractivity contribution < 1.29 is 0 Å². The van der Waals surface area contributed by atoms with Gasteiger partial charge >= 0.3 is 0 Å². The number of nitrogens with zero attached hydrogens (tertiary/aromatic N) is 1. The first-order valence-corrected chi connectivity index (χ1v) is 3.97. The standard InChI is InChI=1S/C7H4BrClN2/c8-6-5(11)2-1-4(3-10)7(6)9/h1-2H,11H2. The van der Waals surface area contributed by atoms with Crippen molar-refractivity contribution in [2.24, 2.45) is 0 Å². The summed E-state index contributed by atoms with van der Waals surface area (Å²) in [5.74, 6) is 0. The number of halogens is 2. The first-order valence-electron chi connectivity index (χ1n) is 2.80. The van der Waals surface area contributed by atoms with Crippen LogP contribution in [0.3, 0.4) is 0 Å². The molecule has 0 amide bonds. The molecule has 2 nitrogen and oxygen atoms in total. The average Bonchev–Trinajstić information content (AvgIpc) is 2.01. The molecule has 0 fully saturated rings. The Kier molecular flexibility index (Phi) is 2.38. The zero-order valence-electron chi connectivity index (χ0n) is 5.44. The van der Waals surface area contributed by atoms with Crippen molar-refractivity contribution in [3.8, 4) is 6.07 Å². The van der Waals surface area contributed by atoms with Gasteiger partial charge in [-0.05, 0) is 28.1 Å². The first kappa shape index (κ1) is 8.38. The SMILES string of the molecule is N#Cc1ccc(N)c(Br)c1Cl. The van der Waals surface area contributed by atoms with Crippen LogP contribution < -0.4 is 5.73 Å². The smallest absolute Gasteiger partial charge is 0.101 e. The van der Waals surface area contributed by atoms with Gasteiger partial charge < -0.3 is 5.73 Å². The molecule has 4 heteroatoms. The van der Waals surface area contributed by atoms with Crippen LogP contribution in [0.15, 0.2) is 16.6 Å². The number of benzene rings is 1. The zero-order chi connectivity index (χ0) is 8.43. The molecule has 56 valence electrons. The summed E-state index contributed by atoms with van der Waals surface area (Å²) in [7, 11) is 0. The van der Waals surface area contributed by atoms with E-state index in [0.717, 1.165) is 0 Å². The van der Waals surface area contributed by atoms with Crippen molar-refractivity contribution in [1.82, 2.24) is 0 Å². The zero-order valence-corrected chi connectivity index (χ0v) is 7.78. The lowest BCUT2D eigenvalue weighted by atomic mass is 10.2. The molecule has 0 bridgehead atoms. The maximum atomic E-state index is 8.54. The molecule has 1 rings (SSSR count). The van der Waals surface area contributed by atoms with Crippen molar-refractivity contribution in [2.45, 2.75) is 0 Å². The summed E-state index contributed by atoms with van der Waals surface area (Å²) in [5.41, 5.74) is 6.46. The topological polar surface area (TPSA) is 49.8 Å². The third-order valence-electron chi connectivity index (χ3n) is 1.23. The fourth-order valence-electron chi connectivity index (χ4n) is 0.651. The van der Waals surface area contributed by atoms with Gasteiger partial charge in [-0.1, -0.05) is 11.6 Å². The summed E-state index contributed by atoms with van der Waals surface area (Å²) < 4.78 is 0.582. The highest BCUT2D eigenvalue weighted by atomic mass is 79.9. The normalized spacial score (nSPS) is 9.18. The summed E-state index contributed by atoms with van der Waals surface area (Å²) >= 11 is 8.91. The van der Waals surface area contributed by atoms with Gasteiger partial charge in [-0.3, -0.25) is 0 Å². The van der Waals surface area contributed by atoms with E-state index in [1.807, 2.05) is 6.07 Å². The number of nitrogens with two attached hydrogens (primary N) is 1. The molecule has 2 N–H and O–H groups in total. The van der Waals surface area contributed by atoms with Crippen LogP contribution in [0, 0.1) is 11.3 Å². The molecule has 11 heavy (non-hydrogen) atoms. The molecule has 0 unspecified atom stereocenters. The number of anilines is 1. The van der Waals surface area contributed by atoms with Gasteiger partial charge in [0.15, 0.2) is 0 Å². The highest BCUT2D eigenvalue weighted by Crippen LogP contribution is 2.30. The van der Waals surface area contributed by atoms with Crippen molar-refractivity contribution in [3.05, 3.63) is 27.2 Å². The third-order valence-corrected chi connectivity index (χ3v) is 2.71. The Hall–Kier alpha value is -0.720. The third kappa shape index (κ3) is 1.47. The molecule has 0 aliphatic heterocycles. The number of rotatable bonds is 0. The maximum absolute atomic E-state index is 8.54. The second-order valence-electron chi connectivity index (χ2n) is 1.94. The fourth-order valence-corrected chi connectivity index (χ4v) is 1.21. The van der Waals surface area contributed by atoms with E-state index < -0.39 is 0 Å². The predicted molar refractivity (Wildman–Crippen MR) is 48.3 cm³/mol. The van der Waals surface area contributed by atoms with E-state index in [-0.39, 0.29) is 0 Å². The van der Waals surface area contributed by atoms with E-state index in [1.54, 1.807) is 12.1 Å². The minimum Gasteiger partial charge on any atom is -0.398 e. The van der Waals surface area contributed by atoms with E-state index >= 15 is 0 Å². The van der Waals surface area contributed by atoms with Crippen LogP contribution in [0.4, 0.5) is 5.69 Å². The van der Waals surface area contributed by atoms with E-state index in [0.29, 0.717) is 20.7 Å². The molecule has 1 aromatic carbocycles. The Labute approximate surface area is 77.7 Å². The Bertz CT molecular complexity index is 330. The number of nitrogen functional groups attached to an aromatic ring is 1. The van der Waals surface area contributed by atoms with Crippen molar-refractivity contribution >= 4 is 33.2 Å². The van der Waals surface area contributed by atoms with E-state index in [1.165, 1.54) is 0 Å². The van der Waals surface area contributed by atoms with E-state index in [4.69, 9.17) is 22.6 Å². The summed E-state index contributed by atoms with van der Waals surface area (Å²) in [6.07, 6.45) is 0. The molecule has 0 heterocycles. The lowest BCUT2D eigenvalue weighted by Crippen LogP contribution is -1.88. The maximum Gasteiger partial charge on any atom is 0.101 e. The quantitative estimate of drug-likeness (QED) is 0.698. The Balaban J connectivity index is 3.40. The molecular weight excluding hydrogens is 227 g/mol. The molecule has 0 saturated carbocycles. The fraction of sp³-hybridized carbons (Fsp3) is 0. The van der Waals surface area contributed by atoms with Crippen LogP contribution in [-0.4, -0.2) is 0 Å². The first-order chi connectivity index (χ1) is 5.16. The molecule has 0 atom stereocenters. The van der Waals surface area contributed by atoms with Crippen LogP contribution in [0.2, 0.25) is 5.02 Å². The highest BCUT2D eigenvalue weighted by molar-refractivity contribution is 9.10. The minimum absolute atomic E-state index is 0.368. The average molecular weight is 231 g/mol. The molecule has 0 aromatic heterocycles. The Morgan fingerprint density at radius 3 is 2.73 bits per heavy atom. The summed E-state index contributed by atoms with van der Waals surface area (Å²) in [6, 6.07) is 5.16. The summed E-state index contributed by atoms with van der Waals surface area (Å²) in [5, 5.41) is 8.91. The van der Waals surface area contributed by atoms with Gasteiger partial charge in [0.05, 0.1) is 15.1 Å². The lowest BCUT2D eigenvalue weighted by molar-refractivity contribution is 1.47. The van der Waals surface area contributed by atoms with Gasteiger partial charge in [-0.2, -0.15) is 5.26 Å². The van der Waals surface area contributed by atoms with E-state index in [2.05, 4.69) is 15.9 Å². The number of hydrogen-bond donors (Lipinski definition) is 1. The summed E-state index contributed by atoms with van der Waals surface area (Å²) in [4.78, 5) is 0. The van der Waals surface area contributed by atoms with Crippen LogP contribution in [0.5, 0.6) is 0 Å². The largest absolute Gasteiger partial charge is 0.398 e. The molecule has 0 saturated heterocycles. The second kappa shape index (κ2) is 3.12. The highest BCUT2D eigenvalue weighted by Gasteiger charge is 2.05. The summed E-state index contributed by atoms with van der Waals surface area (Å²) in [6.45, 7) is 0. The molecule has 0 radical (unpaired) electrons. The van der Waals surface area contributed by atoms with E-state index in [9.17, 15) is 0 Å². The molecule has 0 aliphatic carbocycles. The molecule has 0 spiro atoms. The molecule has 1 aromatic rings. The van der Waals surface area contributed by atoms with Crippen LogP contribution in [0.1, 0.15) is 5.56 Å². The van der Waals surface area contributed by atoms with Gasteiger partial charge in [0.1, 0.15) is 6.07 Å². The van der Waals surface area contributed by atoms with Crippen LogP contribution >= 0.6 is 27.5 Å². The van der Waals surface area contributed by atoms with Crippen molar-refractivity contribution in [3.63, 3.8) is 0 Å². The van der Waals surface area contributed by atoms with Gasteiger partial charge in [0.2, 0.25) is 0 Å². The monoisotopic (exact) mass is 230 g/mol. The van der Waals surface area contributed by atoms with Gasteiger partial charge in [0, 0.05) is 5.69 Å². The Morgan fingerprint density at radius 1 is 1.55 bits per heavy atom. The van der Waals surface area contributed by atoms with Crippen molar-refractivity contribution in [1.29, 1.82) is 5.26 Å². The van der Waals surface area contributed by atoms with Gasteiger partial charge in [-0.15, -0.1) is 0 Å². The van der Waals surface area contributed by atoms with Crippen LogP contribution in [-0.2, 0) is 0 Å². The minimum atomic E-state index is 0.368. The number of nitriles is 1. The number of hydrogen-bond acceptors (Lipinski definition) is 2. The van der Waals surface area contributed by atoms with Crippen LogP contribution in [0.25, 0.3) is 0 Å². The van der Waals surface area contributed by atoms with Gasteiger partial charge in [0.25, 0.3) is 0 Å². The molecule has 0 aliphatic rings. The second-order valence-corrected chi connectivity index (χ2v) is 3.11. The molecular formula is C7H4BrClN2. The van der Waals surface area contributed by atoms with Gasteiger partial charge in [-0.25, -0.2) is 0 Å². The van der Waals surface area contributed by atoms with Crippen molar-refractivity contribution in [2.75, 3.05) is 5.73 Å².